The topological polar surface area (TPSA) is 54.4 Å². The fraction of sp³-hybridized carbons (Fsp3) is 0.600. The van der Waals surface area contributed by atoms with Crippen LogP contribution in [0, 0.1) is 0 Å². The molecule has 58 valence electrons. The minimum absolute atomic E-state index is 0.0159. The Kier molecular flexibility index (Phi) is 5.43. The molecule has 0 radical (unpaired) electrons. The molecule has 0 saturated carbocycles. The van der Waals surface area contributed by atoms with E-state index < -0.39 is 11.8 Å². The van der Waals surface area contributed by atoms with Crippen molar-refractivity contribution in [2.45, 2.75) is 0 Å². The Bertz CT molecular complexity index is 137. The largest absolute Gasteiger partial charge is 0.475 e. The molecule has 3 nitrogen and oxygen atoms in total. The predicted molar refractivity (Wildman–Crippen MR) is 40.7 cm³/mol. The zero-order valence-electron chi connectivity index (χ0n) is 5.17. The van der Waals surface area contributed by atoms with Crippen LogP contribution in [0.5, 0.6) is 0 Å². The zero-order chi connectivity index (χ0) is 7.98. The fourth-order valence-electron chi connectivity index (χ4n) is 0.281. The van der Waals surface area contributed by atoms with E-state index >= 15 is 0 Å². The third-order valence-corrected chi connectivity index (χ3v) is 2.07. The van der Waals surface area contributed by atoms with Crippen molar-refractivity contribution in [1.29, 1.82) is 0 Å². The van der Waals surface area contributed by atoms with Gasteiger partial charge in [0.05, 0.1) is 5.75 Å². The van der Waals surface area contributed by atoms with Gasteiger partial charge in [0.15, 0.2) is 0 Å². The van der Waals surface area contributed by atoms with Crippen molar-refractivity contribution in [2.24, 2.45) is 0 Å². The van der Waals surface area contributed by atoms with Crippen LogP contribution < -0.4 is 0 Å². The Morgan fingerprint density at radius 2 is 2.10 bits per heavy atom. The number of Topliss-reactive ketones (excluding diaryl/α,β-unsaturated/α-hetero) is 1. The van der Waals surface area contributed by atoms with Crippen LogP contribution in [0.2, 0.25) is 0 Å². The number of hydrogen-bond acceptors (Lipinski definition) is 3. The molecule has 0 aliphatic heterocycles. The van der Waals surface area contributed by atoms with Gasteiger partial charge >= 0.3 is 5.97 Å². The minimum atomic E-state index is -1.37. The molecule has 5 heteroatoms. The lowest BCUT2D eigenvalue weighted by Gasteiger charge is -1.92. The van der Waals surface area contributed by atoms with E-state index in [4.69, 9.17) is 16.7 Å². The molecular formula is C5H7ClO3S. The highest BCUT2D eigenvalue weighted by Crippen LogP contribution is 2.00. The molecule has 0 atom stereocenters. The van der Waals surface area contributed by atoms with Crippen LogP contribution in [0.3, 0.4) is 0 Å². The van der Waals surface area contributed by atoms with Gasteiger partial charge in [-0.15, -0.1) is 11.6 Å². The van der Waals surface area contributed by atoms with Crippen LogP contribution >= 0.6 is 23.4 Å². The van der Waals surface area contributed by atoms with Crippen LogP contribution in [0.15, 0.2) is 0 Å². The van der Waals surface area contributed by atoms with Crippen molar-refractivity contribution in [1.82, 2.24) is 0 Å². The molecule has 0 aromatic heterocycles. The van der Waals surface area contributed by atoms with Crippen LogP contribution in [0.1, 0.15) is 0 Å². The molecule has 0 amide bonds. The van der Waals surface area contributed by atoms with E-state index in [-0.39, 0.29) is 5.75 Å². The van der Waals surface area contributed by atoms with Gasteiger partial charge in [-0.05, 0) is 0 Å². The summed E-state index contributed by atoms with van der Waals surface area (Å²) in [5.41, 5.74) is 0. The van der Waals surface area contributed by atoms with Gasteiger partial charge in [0.2, 0.25) is 5.78 Å². The number of alkyl halides is 1. The number of thioether (sulfide) groups is 1. The molecule has 0 fully saturated rings. The number of aliphatic carboxylic acids is 1. The first-order valence-corrected chi connectivity index (χ1v) is 4.27. The summed E-state index contributed by atoms with van der Waals surface area (Å²) in [5, 5.41) is 8.09. The van der Waals surface area contributed by atoms with E-state index in [1.54, 1.807) is 0 Å². The average molecular weight is 183 g/mol. The molecule has 0 aromatic carbocycles. The molecule has 0 aromatic rings. The predicted octanol–water partition coefficient (Wildman–Crippen LogP) is 0.612. The molecule has 10 heavy (non-hydrogen) atoms. The number of halogens is 1. The standard InChI is InChI=1S/C5H7ClO3S/c6-1-2-10-3-4(7)5(8)9/h1-3H2,(H,8,9). The zero-order valence-corrected chi connectivity index (χ0v) is 6.74. The summed E-state index contributed by atoms with van der Waals surface area (Å²) in [4.78, 5) is 20.3. The first-order chi connectivity index (χ1) is 4.68. The van der Waals surface area contributed by atoms with Gasteiger partial charge < -0.3 is 5.11 Å². The number of ketones is 1. The maximum absolute atomic E-state index is 10.4. The highest BCUT2D eigenvalue weighted by Gasteiger charge is 2.09. The summed E-state index contributed by atoms with van der Waals surface area (Å²) < 4.78 is 0. The first kappa shape index (κ1) is 9.78. The lowest BCUT2D eigenvalue weighted by Crippen LogP contribution is -2.14. The number of carboxylic acids is 1. The average Bonchev–Trinajstić information content (AvgIpc) is 1.88. The lowest BCUT2D eigenvalue weighted by molar-refractivity contribution is -0.147. The summed E-state index contributed by atoms with van der Waals surface area (Å²) in [6.07, 6.45) is 0. The molecule has 0 rings (SSSR count). The van der Waals surface area contributed by atoms with E-state index in [1.165, 1.54) is 11.8 Å². The molecule has 1 N–H and O–H groups in total. The van der Waals surface area contributed by atoms with Gasteiger partial charge in [0.1, 0.15) is 0 Å². The van der Waals surface area contributed by atoms with Crippen molar-refractivity contribution in [3.8, 4) is 0 Å². The Balaban J connectivity index is 3.31. The number of rotatable bonds is 5. The Labute approximate surface area is 67.7 Å². The normalized spacial score (nSPS) is 9.30. The van der Waals surface area contributed by atoms with Crippen LogP contribution in [0.25, 0.3) is 0 Å². The number of hydrogen-bond donors (Lipinski definition) is 1. The second-order valence-corrected chi connectivity index (χ2v) is 2.95. The lowest BCUT2D eigenvalue weighted by atomic mass is 10.5. The van der Waals surface area contributed by atoms with E-state index in [9.17, 15) is 9.59 Å². The minimum Gasteiger partial charge on any atom is -0.475 e. The summed E-state index contributed by atoms with van der Waals surface area (Å²) in [6, 6.07) is 0. The third-order valence-electron chi connectivity index (χ3n) is 0.693. The van der Waals surface area contributed by atoms with Gasteiger partial charge in [-0.25, -0.2) is 4.79 Å². The second kappa shape index (κ2) is 5.56. The Morgan fingerprint density at radius 1 is 1.50 bits per heavy atom. The van der Waals surface area contributed by atoms with Crippen molar-refractivity contribution in [3.05, 3.63) is 0 Å². The third kappa shape index (κ3) is 4.64. The van der Waals surface area contributed by atoms with Crippen molar-refractivity contribution in [2.75, 3.05) is 17.4 Å². The summed E-state index contributed by atoms with van der Waals surface area (Å²) in [6.45, 7) is 0. The molecule has 0 saturated heterocycles. The molecule has 0 bridgehead atoms. The van der Waals surface area contributed by atoms with Crippen molar-refractivity contribution in [3.63, 3.8) is 0 Å². The van der Waals surface area contributed by atoms with Gasteiger partial charge in [0, 0.05) is 11.6 Å². The van der Waals surface area contributed by atoms with Crippen LogP contribution in [0.4, 0.5) is 0 Å². The van der Waals surface area contributed by atoms with E-state index in [0.717, 1.165) is 0 Å². The van der Waals surface area contributed by atoms with Gasteiger partial charge in [0.25, 0.3) is 0 Å². The van der Waals surface area contributed by atoms with Gasteiger partial charge in [-0.3, -0.25) is 4.79 Å². The van der Waals surface area contributed by atoms with Crippen LogP contribution in [-0.4, -0.2) is 34.2 Å². The molecule has 0 aliphatic rings. The van der Waals surface area contributed by atoms with E-state index in [0.29, 0.717) is 11.6 Å². The highest BCUT2D eigenvalue weighted by atomic mass is 35.5. The maximum Gasteiger partial charge on any atom is 0.373 e. The fourth-order valence-corrected chi connectivity index (χ4v) is 1.17. The summed E-state index contributed by atoms with van der Waals surface area (Å²) in [7, 11) is 0. The second-order valence-electron chi connectivity index (χ2n) is 1.47. The SMILES string of the molecule is O=C(O)C(=O)CSCCCl. The van der Waals surface area contributed by atoms with E-state index in [1.807, 2.05) is 0 Å². The van der Waals surface area contributed by atoms with Crippen molar-refractivity contribution < 1.29 is 14.7 Å². The summed E-state index contributed by atoms with van der Waals surface area (Å²) in [5.74, 6) is -1.07. The molecular weight excluding hydrogens is 176 g/mol. The molecule has 0 spiro atoms. The van der Waals surface area contributed by atoms with Crippen molar-refractivity contribution >= 4 is 35.1 Å². The quantitative estimate of drug-likeness (QED) is 0.385. The smallest absolute Gasteiger partial charge is 0.373 e. The molecule has 0 heterocycles. The highest BCUT2D eigenvalue weighted by molar-refractivity contribution is 8.00. The summed E-state index contributed by atoms with van der Waals surface area (Å²) >= 11 is 6.51. The maximum atomic E-state index is 10.4. The first-order valence-electron chi connectivity index (χ1n) is 2.58. The Morgan fingerprint density at radius 3 is 2.50 bits per heavy atom. The molecule has 0 unspecified atom stereocenters. The van der Waals surface area contributed by atoms with Gasteiger partial charge in [-0.2, -0.15) is 11.8 Å². The molecule has 0 aliphatic carbocycles. The van der Waals surface area contributed by atoms with E-state index in [2.05, 4.69) is 0 Å². The van der Waals surface area contributed by atoms with Crippen LogP contribution in [-0.2, 0) is 9.59 Å². The monoisotopic (exact) mass is 182 g/mol. The number of carboxylic acid groups (broad SMARTS) is 1. The van der Waals surface area contributed by atoms with Gasteiger partial charge in [-0.1, -0.05) is 0 Å². The Hall–Kier alpha value is -0.220. The number of carbonyl (C=O) groups is 2. The number of carbonyl (C=O) groups excluding carboxylic acids is 1.